The molecule has 2 atom stereocenters. The third-order valence-corrected chi connectivity index (χ3v) is 3.98. The fourth-order valence-corrected chi connectivity index (χ4v) is 3.53. The molecule has 1 fully saturated rings. The normalized spacial score (nSPS) is 33.1. The van der Waals surface area contributed by atoms with Gasteiger partial charge in [-0.2, -0.15) is 5.10 Å². The Kier molecular flexibility index (Phi) is 3.85. The van der Waals surface area contributed by atoms with E-state index >= 15 is 0 Å². The molecular weight excluding hydrogens is 296 g/mol. The second kappa shape index (κ2) is 4.94. The summed E-state index contributed by atoms with van der Waals surface area (Å²) in [6.07, 6.45) is 3.09. The van der Waals surface area contributed by atoms with Crippen LogP contribution in [-0.4, -0.2) is 27.1 Å². The van der Waals surface area contributed by atoms with Crippen molar-refractivity contribution in [1.29, 1.82) is 0 Å². The first-order valence-corrected chi connectivity index (χ1v) is 7.24. The maximum absolute atomic E-state index is 11.0. The number of aromatic nitrogens is 2. The number of hydrogen-bond acceptors (Lipinski definition) is 3. The van der Waals surface area contributed by atoms with Gasteiger partial charge in [0.05, 0.1) is 28.6 Å². The molecule has 0 radical (unpaired) electrons. The standard InChI is InChI=1S/C13H21BrN2O2/c1-8(2)16-12(11(14)7-15-16)13(17)5-9(3)18-10(4)6-13/h7-10,17H,5-6H2,1-4H3. The van der Waals surface area contributed by atoms with Gasteiger partial charge < -0.3 is 9.84 Å². The van der Waals surface area contributed by atoms with E-state index in [2.05, 4.69) is 34.9 Å². The minimum Gasteiger partial charge on any atom is -0.383 e. The molecule has 1 aliphatic heterocycles. The molecule has 0 saturated carbocycles. The van der Waals surface area contributed by atoms with E-state index in [0.29, 0.717) is 12.8 Å². The Bertz CT molecular complexity index is 421. The zero-order valence-corrected chi connectivity index (χ0v) is 12.9. The fourth-order valence-electron chi connectivity index (χ4n) is 2.89. The summed E-state index contributed by atoms with van der Waals surface area (Å²) in [5.41, 5.74) is 0.0101. The molecular formula is C13H21BrN2O2. The minimum atomic E-state index is -0.864. The van der Waals surface area contributed by atoms with Crippen LogP contribution in [0.5, 0.6) is 0 Å². The molecule has 1 N–H and O–H groups in total. The first-order valence-electron chi connectivity index (χ1n) is 6.45. The molecule has 4 nitrogen and oxygen atoms in total. The largest absolute Gasteiger partial charge is 0.383 e. The van der Waals surface area contributed by atoms with Crippen molar-refractivity contribution in [2.75, 3.05) is 0 Å². The van der Waals surface area contributed by atoms with Crippen LogP contribution in [0.25, 0.3) is 0 Å². The highest BCUT2D eigenvalue weighted by Crippen LogP contribution is 2.41. The lowest BCUT2D eigenvalue weighted by Crippen LogP contribution is -2.43. The Morgan fingerprint density at radius 2 is 2.00 bits per heavy atom. The van der Waals surface area contributed by atoms with Crippen LogP contribution in [0.2, 0.25) is 0 Å². The van der Waals surface area contributed by atoms with Gasteiger partial charge in [0.2, 0.25) is 0 Å². The lowest BCUT2D eigenvalue weighted by Gasteiger charge is -2.40. The number of rotatable bonds is 2. The summed E-state index contributed by atoms with van der Waals surface area (Å²) in [4.78, 5) is 0. The molecule has 102 valence electrons. The first-order chi connectivity index (χ1) is 8.33. The predicted octanol–water partition coefficient (Wildman–Crippen LogP) is 3.00. The Balaban J connectivity index is 2.43. The molecule has 0 bridgehead atoms. The monoisotopic (exact) mass is 316 g/mol. The molecule has 1 saturated heterocycles. The maximum atomic E-state index is 11.0. The maximum Gasteiger partial charge on any atom is 0.112 e. The average Bonchev–Trinajstić information content (AvgIpc) is 2.58. The highest BCUT2D eigenvalue weighted by Gasteiger charge is 2.42. The van der Waals surface area contributed by atoms with Crippen LogP contribution >= 0.6 is 15.9 Å². The quantitative estimate of drug-likeness (QED) is 0.912. The molecule has 0 aromatic carbocycles. The van der Waals surface area contributed by atoms with Crippen molar-refractivity contribution < 1.29 is 9.84 Å². The van der Waals surface area contributed by atoms with E-state index < -0.39 is 5.60 Å². The van der Waals surface area contributed by atoms with E-state index in [4.69, 9.17) is 4.74 Å². The lowest BCUT2D eigenvalue weighted by molar-refractivity contribution is -0.139. The van der Waals surface area contributed by atoms with Gasteiger partial charge >= 0.3 is 0 Å². The van der Waals surface area contributed by atoms with Crippen LogP contribution in [0, 0.1) is 0 Å². The molecule has 2 rings (SSSR count). The fraction of sp³-hybridized carbons (Fsp3) is 0.769. The van der Waals surface area contributed by atoms with Crippen molar-refractivity contribution >= 4 is 15.9 Å². The number of ether oxygens (including phenoxy) is 1. The Hall–Kier alpha value is -0.390. The Labute approximate surface area is 116 Å². The van der Waals surface area contributed by atoms with Crippen molar-refractivity contribution in [2.45, 2.75) is 64.4 Å². The number of hydrogen-bond donors (Lipinski definition) is 1. The van der Waals surface area contributed by atoms with Crippen molar-refractivity contribution in [1.82, 2.24) is 9.78 Å². The number of halogens is 1. The molecule has 1 aromatic rings. The summed E-state index contributed by atoms with van der Waals surface area (Å²) < 4.78 is 8.49. The van der Waals surface area contributed by atoms with Crippen LogP contribution in [0.1, 0.15) is 52.3 Å². The zero-order chi connectivity index (χ0) is 13.5. The summed E-state index contributed by atoms with van der Waals surface area (Å²) in [7, 11) is 0. The predicted molar refractivity (Wildman–Crippen MR) is 73.5 cm³/mol. The van der Waals surface area contributed by atoms with Crippen LogP contribution in [0.15, 0.2) is 10.7 Å². The molecule has 0 spiro atoms. The van der Waals surface area contributed by atoms with Crippen LogP contribution < -0.4 is 0 Å². The third-order valence-electron chi connectivity index (χ3n) is 3.40. The van der Waals surface area contributed by atoms with Gasteiger partial charge in [0, 0.05) is 18.9 Å². The van der Waals surface area contributed by atoms with E-state index in [9.17, 15) is 5.11 Å². The van der Waals surface area contributed by atoms with Crippen molar-refractivity contribution in [3.8, 4) is 0 Å². The molecule has 2 heterocycles. The molecule has 1 aromatic heterocycles. The van der Waals surface area contributed by atoms with Gasteiger partial charge in [0.25, 0.3) is 0 Å². The second-order valence-electron chi connectivity index (χ2n) is 5.58. The summed E-state index contributed by atoms with van der Waals surface area (Å²) in [6.45, 7) is 8.15. The van der Waals surface area contributed by atoms with Crippen LogP contribution in [-0.2, 0) is 10.3 Å². The van der Waals surface area contributed by atoms with E-state index in [0.717, 1.165) is 10.2 Å². The molecule has 2 unspecified atom stereocenters. The third kappa shape index (κ3) is 2.49. The van der Waals surface area contributed by atoms with Gasteiger partial charge in [-0.15, -0.1) is 0 Å². The summed E-state index contributed by atoms with van der Waals surface area (Å²) in [5, 5.41) is 15.4. The summed E-state index contributed by atoms with van der Waals surface area (Å²) >= 11 is 3.51. The molecule has 18 heavy (non-hydrogen) atoms. The molecule has 1 aliphatic rings. The Morgan fingerprint density at radius 3 is 2.50 bits per heavy atom. The van der Waals surface area contributed by atoms with Crippen LogP contribution in [0.4, 0.5) is 0 Å². The highest BCUT2D eigenvalue weighted by molar-refractivity contribution is 9.10. The lowest BCUT2D eigenvalue weighted by atomic mass is 9.84. The average molecular weight is 317 g/mol. The first kappa shape index (κ1) is 14.0. The van der Waals surface area contributed by atoms with Gasteiger partial charge in [-0.3, -0.25) is 4.68 Å². The minimum absolute atomic E-state index is 0.0566. The number of aliphatic hydroxyl groups is 1. The number of nitrogens with zero attached hydrogens (tertiary/aromatic N) is 2. The van der Waals surface area contributed by atoms with Gasteiger partial charge in [-0.05, 0) is 43.6 Å². The second-order valence-corrected chi connectivity index (χ2v) is 6.43. The Morgan fingerprint density at radius 1 is 1.44 bits per heavy atom. The van der Waals surface area contributed by atoms with Gasteiger partial charge in [-0.1, -0.05) is 0 Å². The molecule has 0 amide bonds. The highest BCUT2D eigenvalue weighted by atomic mass is 79.9. The van der Waals surface area contributed by atoms with Crippen molar-refractivity contribution in [3.63, 3.8) is 0 Å². The van der Waals surface area contributed by atoms with Crippen molar-refractivity contribution in [3.05, 3.63) is 16.4 Å². The van der Waals surface area contributed by atoms with E-state index in [1.165, 1.54) is 0 Å². The summed E-state index contributed by atoms with van der Waals surface area (Å²) in [6, 6.07) is 0.226. The van der Waals surface area contributed by atoms with Crippen molar-refractivity contribution in [2.24, 2.45) is 0 Å². The van der Waals surface area contributed by atoms with E-state index in [-0.39, 0.29) is 18.2 Å². The van der Waals surface area contributed by atoms with Gasteiger partial charge in [0.15, 0.2) is 0 Å². The topological polar surface area (TPSA) is 47.3 Å². The smallest absolute Gasteiger partial charge is 0.112 e. The summed E-state index contributed by atoms with van der Waals surface area (Å²) in [5.74, 6) is 0. The molecule has 5 heteroatoms. The molecule has 0 aliphatic carbocycles. The van der Waals surface area contributed by atoms with E-state index in [1.807, 2.05) is 18.5 Å². The zero-order valence-electron chi connectivity index (χ0n) is 11.4. The van der Waals surface area contributed by atoms with Crippen LogP contribution in [0.3, 0.4) is 0 Å². The SMILES string of the molecule is CC1CC(O)(c2c(Br)cnn2C(C)C)CC(C)O1. The van der Waals surface area contributed by atoms with E-state index in [1.54, 1.807) is 6.20 Å². The van der Waals surface area contributed by atoms with Gasteiger partial charge in [-0.25, -0.2) is 0 Å². The van der Waals surface area contributed by atoms with Gasteiger partial charge in [0.1, 0.15) is 5.60 Å².